The molecule has 0 N–H and O–H groups in total. The second kappa shape index (κ2) is 8.43. The molecule has 1 amide bonds. The Balaban J connectivity index is 1.30. The van der Waals surface area contributed by atoms with Crippen LogP contribution in [0.25, 0.3) is 16.9 Å². The van der Waals surface area contributed by atoms with Crippen LogP contribution >= 0.6 is 0 Å². The molecule has 0 radical (unpaired) electrons. The van der Waals surface area contributed by atoms with Gasteiger partial charge in [0.25, 0.3) is 5.91 Å². The lowest BCUT2D eigenvalue weighted by Crippen LogP contribution is -2.48. The van der Waals surface area contributed by atoms with Crippen molar-refractivity contribution < 1.29 is 27.4 Å². The Morgan fingerprint density at radius 2 is 1.64 bits per heavy atom. The molecule has 0 aliphatic carbocycles. The van der Waals surface area contributed by atoms with Gasteiger partial charge in [0.05, 0.1) is 5.69 Å². The molecule has 0 saturated carbocycles. The first-order valence-corrected chi connectivity index (χ1v) is 11.3. The average Bonchev–Trinajstić information content (AvgIpc) is 3.54. The minimum atomic E-state index is -4.71. The molecule has 0 atom stereocenters. The van der Waals surface area contributed by atoms with E-state index in [9.17, 15) is 18.0 Å². The van der Waals surface area contributed by atoms with E-state index in [0.717, 1.165) is 11.8 Å². The zero-order valence-electron chi connectivity index (χ0n) is 18.9. The summed E-state index contributed by atoms with van der Waals surface area (Å²) < 4.78 is 53.2. The van der Waals surface area contributed by atoms with Crippen molar-refractivity contribution in [2.24, 2.45) is 0 Å². The van der Waals surface area contributed by atoms with Gasteiger partial charge in [0.1, 0.15) is 0 Å². The quantitative estimate of drug-likeness (QED) is 0.426. The summed E-state index contributed by atoms with van der Waals surface area (Å²) in [6.45, 7) is 2.15. The van der Waals surface area contributed by atoms with E-state index in [0.29, 0.717) is 47.8 Å². The molecule has 2 aromatic heterocycles. The van der Waals surface area contributed by atoms with Crippen LogP contribution in [0.5, 0.6) is 11.5 Å². The van der Waals surface area contributed by atoms with Crippen LogP contribution in [-0.2, 0) is 6.18 Å². The summed E-state index contributed by atoms with van der Waals surface area (Å²) in [4.78, 5) is 21.3. The number of piperazine rings is 1. The van der Waals surface area contributed by atoms with Gasteiger partial charge >= 0.3 is 6.18 Å². The van der Waals surface area contributed by atoms with Gasteiger partial charge in [-0.25, -0.2) is 9.50 Å². The summed E-state index contributed by atoms with van der Waals surface area (Å²) in [5.41, 5.74) is 0.412. The van der Waals surface area contributed by atoms with Crippen molar-refractivity contribution >= 4 is 17.2 Å². The molecule has 4 aromatic rings. The SMILES string of the molecule is O=C(c1cc2nc(-c3ccc4c(c3)OCO4)cc(C(F)(F)F)n2n1)N1CCN(c2ccccc2)CC1. The van der Waals surface area contributed by atoms with Crippen molar-refractivity contribution in [2.45, 2.75) is 6.18 Å². The molecule has 8 nitrogen and oxygen atoms in total. The molecule has 0 bridgehead atoms. The number of aromatic nitrogens is 3. The summed E-state index contributed by atoms with van der Waals surface area (Å²) >= 11 is 0. The average molecular weight is 495 g/mol. The minimum absolute atomic E-state index is 0.0484. The van der Waals surface area contributed by atoms with Gasteiger partial charge in [-0.05, 0) is 36.4 Å². The molecule has 6 rings (SSSR count). The lowest BCUT2D eigenvalue weighted by molar-refractivity contribution is -0.142. The monoisotopic (exact) mass is 495 g/mol. The highest BCUT2D eigenvalue weighted by Gasteiger charge is 2.36. The number of para-hydroxylation sites is 1. The van der Waals surface area contributed by atoms with Crippen molar-refractivity contribution in [3.63, 3.8) is 0 Å². The maximum atomic E-state index is 14.0. The van der Waals surface area contributed by atoms with Crippen molar-refractivity contribution in [3.05, 3.63) is 72.1 Å². The van der Waals surface area contributed by atoms with Gasteiger partial charge in [0.2, 0.25) is 6.79 Å². The minimum Gasteiger partial charge on any atom is -0.454 e. The molecule has 1 fully saturated rings. The Morgan fingerprint density at radius 3 is 2.39 bits per heavy atom. The van der Waals surface area contributed by atoms with Crippen LogP contribution in [0.3, 0.4) is 0 Å². The highest BCUT2D eigenvalue weighted by molar-refractivity contribution is 5.93. The largest absolute Gasteiger partial charge is 0.454 e. The molecule has 36 heavy (non-hydrogen) atoms. The summed E-state index contributed by atoms with van der Waals surface area (Å²) in [7, 11) is 0. The fourth-order valence-electron chi connectivity index (χ4n) is 4.45. The second-order valence-corrected chi connectivity index (χ2v) is 8.51. The van der Waals surface area contributed by atoms with Crippen LogP contribution in [0, 0.1) is 0 Å². The summed E-state index contributed by atoms with van der Waals surface area (Å²) in [5, 5.41) is 4.01. The number of carbonyl (C=O) groups excluding carboxylic acids is 1. The lowest BCUT2D eigenvalue weighted by atomic mass is 10.1. The van der Waals surface area contributed by atoms with Gasteiger partial charge in [0, 0.05) is 43.5 Å². The number of ether oxygens (including phenoxy) is 2. The number of halogens is 3. The predicted molar refractivity (Wildman–Crippen MR) is 124 cm³/mol. The third kappa shape index (κ3) is 3.96. The van der Waals surface area contributed by atoms with E-state index in [1.807, 2.05) is 30.3 Å². The van der Waals surface area contributed by atoms with E-state index in [1.54, 1.807) is 23.1 Å². The molecular weight excluding hydrogens is 475 g/mol. The van der Waals surface area contributed by atoms with Crippen LogP contribution in [0.1, 0.15) is 16.2 Å². The highest BCUT2D eigenvalue weighted by Crippen LogP contribution is 2.37. The van der Waals surface area contributed by atoms with Gasteiger partial charge in [-0.15, -0.1) is 0 Å². The van der Waals surface area contributed by atoms with E-state index in [-0.39, 0.29) is 23.8 Å². The van der Waals surface area contributed by atoms with Crippen molar-refractivity contribution in [2.75, 3.05) is 37.9 Å². The molecule has 2 aliphatic rings. The first kappa shape index (κ1) is 22.2. The number of carbonyl (C=O) groups is 1. The Kier molecular flexibility index (Phi) is 5.20. The maximum Gasteiger partial charge on any atom is 0.433 e. The summed E-state index contributed by atoms with van der Waals surface area (Å²) in [6, 6.07) is 16.9. The van der Waals surface area contributed by atoms with Crippen molar-refractivity contribution in [3.8, 4) is 22.8 Å². The lowest BCUT2D eigenvalue weighted by Gasteiger charge is -2.35. The molecule has 0 unspecified atom stereocenters. The second-order valence-electron chi connectivity index (χ2n) is 8.51. The molecular formula is C25H20F3N5O3. The van der Waals surface area contributed by atoms with Crippen LogP contribution in [0.4, 0.5) is 18.9 Å². The van der Waals surface area contributed by atoms with E-state index >= 15 is 0 Å². The number of alkyl halides is 3. The third-order valence-electron chi connectivity index (χ3n) is 6.29. The Morgan fingerprint density at radius 1 is 0.889 bits per heavy atom. The van der Waals surface area contributed by atoms with E-state index in [2.05, 4.69) is 15.0 Å². The smallest absolute Gasteiger partial charge is 0.433 e. The zero-order valence-corrected chi connectivity index (χ0v) is 18.9. The van der Waals surface area contributed by atoms with Gasteiger partial charge < -0.3 is 19.3 Å². The highest BCUT2D eigenvalue weighted by atomic mass is 19.4. The normalized spacial score (nSPS) is 15.5. The number of fused-ring (bicyclic) bond motifs is 2. The molecule has 11 heteroatoms. The number of nitrogens with zero attached hydrogens (tertiary/aromatic N) is 5. The summed E-state index contributed by atoms with van der Waals surface area (Å²) in [6.07, 6.45) is -4.71. The predicted octanol–water partition coefficient (Wildman–Crippen LogP) is 4.11. The Bertz CT molecular complexity index is 1450. The summed E-state index contributed by atoms with van der Waals surface area (Å²) in [5.74, 6) is 0.521. The molecule has 2 aromatic carbocycles. The first-order chi connectivity index (χ1) is 17.4. The van der Waals surface area contributed by atoms with Gasteiger partial charge in [-0.2, -0.15) is 18.3 Å². The Labute approximate surface area is 203 Å². The fourth-order valence-corrected chi connectivity index (χ4v) is 4.45. The van der Waals surface area contributed by atoms with E-state index < -0.39 is 17.8 Å². The number of hydrogen-bond acceptors (Lipinski definition) is 6. The van der Waals surface area contributed by atoms with Gasteiger partial charge in [-0.3, -0.25) is 4.79 Å². The van der Waals surface area contributed by atoms with Crippen LogP contribution < -0.4 is 14.4 Å². The molecule has 1 saturated heterocycles. The van der Waals surface area contributed by atoms with Crippen molar-refractivity contribution in [1.29, 1.82) is 0 Å². The third-order valence-corrected chi connectivity index (χ3v) is 6.29. The fraction of sp³-hybridized carbons (Fsp3) is 0.240. The Hall–Kier alpha value is -4.28. The number of anilines is 1. The number of hydrogen-bond donors (Lipinski definition) is 0. The molecule has 4 heterocycles. The topological polar surface area (TPSA) is 72.2 Å². The molecule has 2 aliphatic heterocycles. The number of benzene rings is 2. The standard InChI is InChI=1S/C25H20F3N5O3/c26-25(27,28)22-13-18(16-6-7-20-21(12-16)36-15-35-20)29-23-14-19(30-33(22)23)24(34)32-10-8-31(9-11-32)17-4-2-1-3-5-17/h1-7,12-14H,8-11,15H2. The van der Waals surface area contributed by atoms with E-state index in [4.69, 9.17) is 9.47 Å². The molecule has 184 valence electrons. The molecule has 0 spiro atoms. The number of rotatable bonds is 3. The van der Waals surface area contributed by atoms with Crippen LogP contribution in [-0.4, -0.2) is 58.4 Å². The first-order valence-electron chi connectivity index (χ1n) is 11.3. The zero-order chi connectivity index (χ0) is 24.9. The number of amides is 1. The van der Waals surface area contributed by atoms with Gasteiger partial charge in [0.15, 0.2) is 28.5 Å². The van der Waals surface area contributed by atoms with Crippen LogP contribution in [0.15, 0.2) is 60.7 Å². The van der Waals surface area contributed by atoms with Gasteiger partial charge in [-0.1, -0.05) is 18.2 Å². The van der Waals surface area contributed by atoms with E-state index in [1.165, 1.54) is 6.07 Å². The maximum absolute atomic E-state index is 14.0. The van der Waals surface area contributed by atoms with Crippen LogP contribution in [0.2, 0.25) is 0 Å². The van der Waals surface area contributed by atoms with Crippen molar-refractivity contribution in [1.82, 2.24) is 19.5 Å².